The summed E-state index contributed by atoms with van der Waals surface area (Å²) in [6.07, 6.45) is 3.30. The Labute approximate surface area is 426 Å². The number of aromatic amines is 1. The monoisotopic (exact) mass is 1040 g/mol. The Kier molecular flexibility index (Phi) is 17.5. The van der Waals surface area contributed by atoms with Gasteiger partial charge in [0, 0.05) is 45.9 Å². The second kappa shape index (κ2) is 24.7. The molecule has 0 saturated carbocycles. The Hall–Kier alpha value is -11.3. The Morgan fingerprint density at radius 2 is 0.974 bits per heavy atom. The van der Waals surface area contributed by atoms with Crippen molar-refractivity contribution in [2.75, 3.05) is 38.1 Å². The number of para-hydroxylation sites is 1. The fourth-order valence-electron chi connectivity index (χ4n) is 6.81. The summed E-state index contributed by atoms with van der Waals surface area (Å²) in [7, 11) is 3.80. The summed E-state index contributed by atoms with van der Waals surface area (Å²) in [5.41, 5.74) is 15.5. The second-order valence-corrected chi connectivity index (χ2v) is 15.0. The molecule has 6 aromatic carbocycles. The normalized spacial score (nSPS) is 10.2. The quantitative estimate of drug-likeness (QED) is 0.0540. The first-order chi connectivity index (χ1) is 36.5. The second-order valence-electron chi connectivity index (χ2n) is 15.0. The summed E-state index contributed by atoms with van der Waals surface area (Å²) in [6.45, 7) is 1.63. The molecule has 1 amide bonds. The van der Waals surface area contributed by atoms with E-state index < -0.39 is 39.1 Å². The van der Waals surface area contributed by atoms with E-state index in [1.54, 1.807) is 104 Å². The van der Waals surface area contributed by atoms with Crippen molar-refractivity contribution in [2.45, 2.75) is 6.92 Å². The molecule has 0 aliphatic carbocycles. The van der Waals surface area contributed by atoms with Crippen molar-refractivity contribution < 1.29 is 52.9 Å². The first-order valence-electron chi connectivity index (χ1n) is 21.6. The SMILES string of the molecule is COC(=O)n1ncc2c(N)cccc21.COC(=O)n1ncc2c(NC(=O)Oc3ccccc3)cccc21.COC(=O)n1ncc2c([N+](=O)[O-])cccc21.Cc1c(N)cccc1[N+](=O)[O-].O=[N+]([O-])c1cccc2[nH]ncc12. The van der Waals surface area contributed by atoms with Crippen LogP contribution in [0.25, 0.3) is 43.6 Å². The maximum atomic E-state index is 12.0. The Bertz CT molecular complexity index is 3760. The van der Waals surface area contributed by atoms with E-state index in [2.05, 4.69) is 45.0 Å². The molecule has 388 valence electrons. The number of fused-ring (bicyclic) bond motifs is 4. The molecule has 0 radical (unpaired) electrons. The van der Waals surface area contributed by atoms with E-state index in [1.807, 2.05) is 6.07 Å². The molecule has 0 aliphatic heterocycles. The highest BCUT2D eigenvalue weighted by atomic mass is 16.6. The minimum atomic E-state index is -0.685. The van der Waals surface area contributed by atoms with Crippen molar-refractivity contribution in [2.24, 2.45) is 0 Å². The largest absolute Gasteiger partial charge is 0.451 e. The molecule has 0 unspecified atom stereocenters. The maximum Gasteiger partial charge on any atom is 0.434 e. The molecule has 10 aromatic rings. The van der Waals surface area contributed by atoms with E-state index in [0.717, 1.165) is 14.7 Å². The van der Waals surface area contributed by atoms with E-state index in [9.17, 15) is 49.5 Å². The zero-order chi connectivity index (χ0) is 55.1. The molecule has 6 N–H and O–H groups in total. The highest BCUT2D eigenvalue weighted by molar-refractivity contribution is 6.01. The van der Waals surface area contributed by atoms with Gasteiger partial charge in [0.05, 0.1) is 99.4 Å². The lowest BCUT2D eigenvalue weighted by Gasteiger charge is -2.07. The summed E-state index contributed by atoms with van der Waals surface area (Å²) in [5.74, 6) is 0.433. The van der Waals surface area contributed by atoms with E-state index in [-0.39, 0.29) is 17.1 Å². The molecule has 0 atom stereocenters. The van der Waals surface area contributed by atoms with E-state index in [4.69, 9.17) is 16.2 Å². The number of nitro benzene ring substituents is 3. The first kappa shape index (κ1) is 54.0. The molecule has 10 rings (SSSR count). The third-order valence-corrected chi connectivity index (χ3v) is 10.5. The average molecular weight is 1040 g/mol. The number of aromatic nitrogens is 8. The predicted octanol–water partition coefficient (Wildman–Crippen LogP) is 9.01. The Morgan fingerprint density at radius 3 is 1.53 bits per heavy atom. The highest BCUT2D eigenvalue weighted by Crippen LogP contribution is 2.27. The number of carbonyl (C=O) groups excluding carboxylic acids is 4. The molecule has 4 aromatic heterocycles. The number of nitro groups is 3. The summed E-state index contributed by atoms with van der Waals surface area (Å²) in [5, 5.41) is 54.3. The standard InChI is InChI=1S/C16H13N3O4.C9H7N3O4.C9H9N3O2.C7H5N3O2.C7H8N2O2/c1-22-16(21)19-14-9-5-8-13(12(14)10-17-19)18-15(20)23-11-6-3-2-4-7-11;1-16-9(13)11-7-3-2-4-8(12(14)15)6(7)5-10-11;1-14-9(13)12-8-4-2-3-7(10)6(8)5-11-12;11-10(12)7-3-1-2-6-5(7)4-8-9-6;1-5-6(8)3-2-4-7(5)9(10)11/h2-10H,1H3,(H,18,20);2-5H,1H3;2-5H,10H2,1H3;1-4H,(H,8,9);2-4H,8H2,1H3. The zero-order valence-corrected chi connectivity index (χ0v) is 40.2. The number of H-pyrrole nitrogens is 1. The molecular weight excluding hydrogens is 997 g/mol. The Morgan fingerprint density at radius 1 is 0.526 bits per heavy atom. The van der Waals surface area contributed by atoms with Crippen LogP contribution < -0.4 is 21.5 Å². The number of anilines is 3. The number of hydrogen-bond donors (Lipinski definition) is 4. The number of benzene rings is 6. The number of methoxy groups -OCH3 is 3. The van der Waals surface area contributed by atoms with Gasteiger partial charge in [-0.25, -0.2) is 19.2 Å². The molecule has 28 nitrogen and oxygen atoms in total. The van der Waals surface area contributed by atoms with Gasteiger partial charge < -0.3 is 30.4 Å². The van der Waals surface area contributed by atoms with Crippen molar-refractivity contribution in [3.8, 4) is 5.75 Å². The van der Waals surface area contributed by atoms with Crippen LogP contribution in [0.15, 0.2) is 146 Å². The minimum absolute atomic E-state index is 0.0741. The third-order valence-electron chi connectivity index (χ3n) is 10.5. The molecule has 0 spiro atoms. The van der Waals surface area contributed by atoms with Gasteiger partial charge in [-0.1, -0.05) is 48.5 Å². The summed E-state index contributed by atoms with van der Waals surface area (Å²) in [4.78, 5) is 76.3. The summed E-state index contributed by atoms with van der Waals surface area (Å²) in [6, 6.07) is 33.0. The smallest absolute Gasteiger partial charge is 0.434 e. The van der Waals surface area contributed by atoms with Gasteiger partial charge in [-0.15, -0.1) is 0 Å². The molecule has 0 fully saturated rings. The predicted molar refractivity (Wildman–Crippen MR) is 275 cm³/mol. The van der Waals surface area contributed by atoms with Crippen LogP contribution in [0.1, 0.15) is 5.56 Å². The molecule has 0 saturated heterocycles. The number of nitrogens with one attached hydrogen (secondary N) is 2. The van der Waals surface area contributed by atoms with Gasteiger partial charge in [0.25, 0.3) is 17.1 Å². The molecule has 4 heterocycles. The van der Waals surface area contributed by atoms with Crippen molar-refractivity contribution in [1.29, 1.82) is 0 Å². The van der Waals surface area contributed by atoms with E-state index >= 15 is 0 Å². The number of amides is 1. The number of hydrogen-bond acceptors (Lipinski definition) is 20. The number of carbonyl (C=O) groups is 4. The summed E-state index contributed by atoms with van der Waals surface area (Å²) >= 11 is 0. The average Bonchev–Trinajstić information content (AvgIpc) is 4.27. The lowest BCUT2D eigenvalue weighted by molar-refractivity contribution is -0.385. The van der Waals surface area contributed by atoms with E-state index in [0.29, 0.717) is 66.6 Å². The lowest BCUT2D eigenvalue weighted by atomic mass is 10.2. The van der Waals surface area contributed by atoms with Crippen LogP contribution >= 0.6 is 0 Å². The molecular formula is C48H42N14O14. The number of ether oxygens (including phenoxy) is 4. The van der Waals surface area contributed by atoms with Crippen molar-refractivity contribution in [3.63, 3.8) is 0 Å². The number of nitrogen functional groups attached to an aromatic ring is 2. The summed E-state index contributed by atoms with van der Waals surface area (Å²) < 4.78 is 22.1. The van der Waals surface area contributed by atoms with Gasteiger partial charge in [-0.05, 0) is 61.5 Å². The minimum Gasteiger partial charge on any atom is -0.451 e. The Balaban J connectivity index is 0.000000158. The third kappa shape index (κ3) is 12.6. The highest BCUT2D eigenvalue weighted by Gasteiger charge is 2.19. The van der Waals surface area contributed by atoms with Gasteiger partial charge in [-0.2, -0.15) is 34.4 Å². The molecule has 28 heteroatoms. The van der Waals surface area contributed by atoms with E-state index in [1.165, 1.54) is 68.9 Å². The lowest BCUT2D eigenvalue weighted by Crippen LogP contribution is -2.17. The number of nitrogens with two attached hydrogens (primary N) is 2. The van der Waals surface area contributed by atoms with Gasteiger partial charge in [0.15, 0.2) is 0 Å². The van der Waals surface area contributed by atoms with Crippen molar-refractivity contribution >= 4 is 102 Å². The van der Waals surface area contributed by atoms with Gasteiger partial charge in [-0.3, -0.25) is 40.8 Å². The fourth-order valence-corrected chi connectivity index (χ4v) is 6.81. The van der Waals surface area contributed by atoms with Crippen molar-refractivity contribution in [3.05, 3.63) is 182 Å². The van der Waals surface area contributed by atoms with Crippen LogP contribution in [0.2, 0.25) is 0 Å². The number of rotatable bonds is 5. The van der Waals surface area contributed by atoms with Crippen LogP contribution in [0.5, 0.6) is 5.75 Å². The van der Waals surface area contributed by atoms with Gasteiger partial charge in [0.2, 0.25) is 0 Å². The van der Waals surface area contributed by atoms with Crippen LogP contribution in [-0.2, 0) is 14.2 Å². The van der Waals surface area contributed by atoms with Crippen molar-refractivity contribution in [1.82, 2.24) is 39.5 Å². The maximum absolute atomic E-state index is 12.0. The molecule has 0 bridgehead atoms. The van der Waals surface area contributed by atoms with Crippen LogP contribution in [-0.4, -0.2) is 100 Å². The topological polar surface area (TPSA) is 381 Å². The zero-order valence-electron chi connectivity index (χ0n) is 40.2. The fraction of sp³-hybridized carbons (Fsp3) is 0.0833. The van der Waals surface area contributed by atoms with Crippen LogP contribution in [0, 0.1) is 37.3 Å². The molecule has 76 heavy (non-hydrogen) atoms. The van der Waals surface area contributed by atoms with Crippen LogP contribution in [0.4, 0.5) is 53.3 Å². The van der Waals surface area contributed by atoms with Gasteiger partial charge in [0.1, 0.15) is 5.75 Å². The van der Waals surface area contributed by atoms with Gasteiger partial charge >= 0.3 is 24.4 Å². The number of nitrogens with zero attached hydrogens (tertiary/aromatic N) is 10. The van der Waals surface area contributed by atoms with Crippen LogP contribution in [0.3, 0.4) is 0 Å². The first-order valence-corrected chi connectivity index (χ1v) is 21.6. The number of non-ortho nitro benzene ring substituents is 2. The molecule has 0 aliphatic rings.